The number of rotatable bonds is 7. The van der Waals surface area contributed by atoms with E-state index in [1.165, 1.54) is 18.2 Å². The number of nitrogens with zero attached hydrogens (tertiary/aromatic N) is 2. The molecule has 0 aliphatic carbocycles. The number of carbonyl (C=O) groups excluding carboxylic acids is 1. The minimum atomic E-state index is -1.04. The number of hydrogen-bond acceptors (Lipinski definition) is 3. The Labute approximate surface area is 233 Å². The highest BCUT2D eigenvalue weighted by Gasteiger charge is 2.19. The van der Waals surface area contributed by atoms with Gasteiger partial charge in [0.1, 0.15) is 23.0 Å². The molecular formula is C33H23F2N3O3. The smallest absolute Gasteiger partial charge is 0.335 e. The molecule has 0 saturated heterocycles. The van der Waals surface area contributed by atoms with Gasteiger partial charge >= 0.3 is 5.97 Å². The Morgan fingerprint density at radius 1 is 0.829 bits per heavy atom. The molecule has 2 aromatic heterocycles. The number of aromatic nitrogens is 2. The monoisotopic (exact) mass is 547 g/mol. The van der Waals surface area contributed by atoms with Crippen molar-refractivity contribution in [3.63, 3.8) is 0 Å². The van der Waals surface area contributed by atoms with Crippen LogP contribution in [0.1, 0.15) is 37.7 Å². The van der Waals surface area contributed by atoms with E-state index in [0.717, 1.165) is 40.2 Å². The predicted octanol–water partition coefficient (Wildman–Crippen LogP) is 6.65. The minimum absolute atomic E-state index is 0.0184. The zero-order valence-corrected chi connectivity index (χ0v) is 21.6. The van der Waals surface area contributed by atoms with Crippen LogP contribution in [0.5, 0.6) is 0 Å². The number of carbonyl (C=O) groups is 2. The highest BCUT2D eigenvalue weighted by atomic mass is 19.1. The van der Waals surface area contributed by atoms with Crippen LogP contribution < -0.4 is 5.32 Å². The average molecular weight is 548 g/mol. The topological polar surface area (TPSA) is 83.7 Å². The first kappa shape index (κ1) is 25.9. The van der Waals surface area contributed by atoms with E-state index in [2.05, 4.69) is 16.4 Å². The van der Waals surface area contributed by atoms with E-state index in [-0.39, 0.29) is 23.4 Å². The number of benzene rings is 4. The van der Waals surface area contributed by atoms with E-state index in [0.29, 0.717) is 23.2 Å². The van der Waals surface area contributed by atoms with Gasteiger partial charge < -0.3 is 10.4 Å². The third kappa shape index (κ3) is 5.27. The molecule has 0 atom stereocenters. The normalized spacial score (nSPS) is 11.2. The zero-order chi connectivity index (χ0) is 28.5. The first-order valence-corrected chi connectivity index (χ1v) is 12.9. The van der Waals surface area contributed by atoms with Crippen molar-refractivity contribution in [1.29, 1.82) is 0 Å². The Hall–Kier alpha value is -5.37. The molecule has 8 heteroatoms. The highest BCUT2D eigenvalue weighted by Crippen LogP contribution is 2.28. The number of amides is 1. The summed E-state index contributed by atoms with van der Waals surface area (Å²) in [4.78, 5) is 29.3. The summed E-state index contributed by atoms with van der Waals surface area (Å²) in [6.07, 6.45) is 2.16. The lowest BCUT2D eigenvalue weighted by molar-refractivity contribution is 0.0696. The molecule has 0 aliphatic rings. The van der Waals surface area contributed by atoms with Crippen molar-refractivity contribution < 1.29 is 23.5 Å². The van der Waals surface area contributed by atoms with Gasteiger partial charge in [0.25, 0.3) is 5.91 Å². The van der Waals surface area contributed by atoms with E-state index >= 15 is 0 Å². The summed E-state index contributed by atoms with van der Waals surface area (Å²) in [7, 11) is 0. The van der Waals surface area contributed by atoms with Crippen molar-refractivity contribution in [2.45, 2.75) is 13.0 Å². The van der Waals surface area contributed by atoms with Crippen molar-refractivity contribution in [1.82, 2.24) is 14.7 Å². The van der Waals surface area contributed by atoms with Crippen LogP contribution in [-0.2, 0) is 13.0 Å². The highest BCUT2D eigenvalue weighted by molar-refractivity contribution is 5.95. The number of nitrogens with one attached hydrogen (secondary N) is 1. The fourth-order valence-electron chi connectivity index (χ4n) is 4.94. The van der Waals surface area contributed by atoms with Gasteiger partial charge in [-0.15, -0.1) is 0 Å². The number of hydrogen-bond donors (Lipinski definition) is 2. The lowest BCUT2D eigenvalue weighted by Gasteiger charge is -2.13. The first-order valence-electron chi connectivity index (χ1n) is 12.9. The van der Waals surface area contributed by atoms with Crippen LogP contribution >= 0.6 is 0 Å². The molecule has 4 aromatic carbocycles. The average Bonchev–Trinajstić information content (AvgIpc) is 3.39. The molecule has 0 saturated carbocycles. The Morgan fingerprint density at radius 3 is 2.37 bits per heavy atom. The second-order valence-electron chi connectivity index (χ2n) is 9.74. The molecule has 0 bridgehead atoms. The Kier molecular flexibility index (Phi) is 6.73. The molecular weight excluding hydrogens is 524 g/mol. The largest absolute Gasteiger partial charge is 0.478 e. The van der Waals surface area contributed by atoms with Gasteiger partial charge in [-0.2, -0.15) is 0 Å². The summed E-state index contributed by atoms with van der Waals surface area (Å²) in [6, 6.07) is 26.7. The summed E-state index contributed by atoms with van der Waals surface area (Å²) in [6.45, 7) is 0.132. The number of pyridine rings is 1. The van der Waals surface area contributed by atoms with Gasteiger partial charge in [-0.3, -0.25) is 9.20 Å². The van der Waals surface area contributed by atoms with Crippen molar-refractivity contribution >= 4 is 28.3 Å². The number of imidazole rings is 1. The fourth-order valence-corrected chi connectivity index (χ4v) is 4.94. The van der Waals surface area contributed by atoms with Crippen molar-refractivity contribution in [2.24, 2.45) is 0 Å². The Balaban J connectivity index is 1.40. The first-order chi connectivity index (χ1) is 19.9. The standard InChI is InChI=1S/C33H23F2N3O3/c34-26-11-12-29(35)28(17-26)25-15-30(32(39)37-18-20-5-9-23(10-6-20)33(40)41)38-27(19-36-31(38)16-25)14-21-7-8-22-3-1-2-4-24(22)13-21/h1-13,15-17,19H,14,18H2,(H,37,39)(H,40,41). The molecule has 6 aromatic rings. The van der Waals surface area contributed by atoms with Crippen molar-refractivity contribution in [2.75, 3.05) is 0 Å². The molecule has 1 amide bonds. The lowest BCUT2D eigenvalue weighted by Crippen LogP contribution is -2.25. The number of carboxylic acid groups (broad SMARTS) is 1. The van der Waals surface area contributed by atoms with Gasteiger partial charge in [-0.25, -0.2) is 18.6 Å². The van der Waals surface area contributed by atoms with Gasteiger partial charge in [0, 0.05) is 30.4 Å². The van der Waals surface area contributed by atoms with Crippen LogP contribution in [0.3, 0.4) is 0 Å². The van der Waals surface area contributed by atoms with Crippen LogP contribution in [0.15, 0.2) is 103 Å². The van der Waals surface area contributed by atoms with Crippen LogP contribution in [-0.4, -0.2) is 26.4 Å². The maximum absolute atomic E-state index is 14.7. The second-order valence-corrected chi connectivity index (χ2v) is 9.74. The summed E-state index contributed by atoms with van der Waals surface area (Å²) in [5.41, 5.74) is 3.57. The van der Waals surface area contributed by atoms with E-state index in [4.69, 9.17) is 5.11 Å². The molecule has 0 spiro atoms. The number of halogens is 2. The van der Waals surface area contributed by atoms with E-state index < -0.39 is 23.5 Å². The van der Waals surface area contributed by atoms with Crippen LogP contribution in [0.2, 0.25) is 0 Å². The second kappa shape index (κ2) is 10.7. The van der Waals surface area contributed by atoms with E-state index in [1.807, 2.05) is 36.4 Å². The number of aromatic carboxylic acids is 1. The van der Waals surface area contributed by atoms with Crippen molar-refractivity contribution in [3.8, 4) is 11.1 Å². The Bertz CT molecular complexity index is 1950. The maximum atomic E-state index is 14.7. The molecule has 0 unspecified atom stereocenters. The quantitative estimate of drug-likeness (QED) is 0.234. The van der Waals surface area contributed by atoms with Crippen molar-refractivity contribution in [3.05, 3.63) is 143 Å². The maximum Gasteiger partial charge on any atom is 0.335 e. The van der Waals surface area contributed by atoms with Crippen LogP contribution in [0.25, 0.3) is 27.5 Å². The third-order valence-corrected chi connectivity index (χ3v) is 7.01. The minimum Gasteiger partial charge on any atom is -0.478 e. The van der Waals surface area contributed by atoms with Gasteiger partial charge in [0.2, 0.25) is 0 Å². The molecule has 0 aliphatic heterocycles. The molecule has 6 nitrogen and oxygen atoms in total. The molecule has 0 radical (unpaired) electrons. The van der Waals surface area contributed by atoms with Gasteiger partial charge in [-0.1, -0.05) is 54.6 Å². The summed E-state index contributed by atoms with van der Waals surface area (Å²) >= 11 is 0. The SMILES string of the molecule is O=C(O)c1ccc(CNC(=O)c2cc(-c3cc(F)ccc3F)cc3ncc(Cc4ccc5ccccc5c4)n23)cc1. The third-order valence-electron chi connectivity index (χ3n) is 7.01. The summed E-state index contributed by atoms with van der Waals surface area (Å²) in [5, 5.41) is 14.2. The molecule has 6 rings (SSSR count). The van der Waals surface area contributed by atoms with Crippen LogP contribution in [0.4, 0.5) is 8.78 Å². The van der Waals surface area contributed by atoms with Gasteiger partial charge in [0.15, 0.2) is 0 Å². The summed E-state index contributed by atoms with van der Waals surface area (Å²) in [5.74, 6) is -2.71. The molecule has 2 N–H and O–H groups in total. The zero-order valence-electron chi connectivity index (χ0n) is 21.6. The molecule has 202 valence electrons. The Morgan fingerprint density at radius 2 is 1.59 bits per heavy atom. The van der Waals surface area contributed by atoms with Gasteiger partial charge in [0.05, 0.1) is 5.56 Å². The lowest BCUT2D eigenvalue weighted by atomic mass is 10.0. The predicted molar refractivity (Wildman–Crippen MR) is 152 cm³/mol. The molecule has 2 heterocycles. The number of fused-ring (bicyclic) bond motifs is 2. The molecule has 0 fully saturated rings. The van der Waals surface area contributed by atoms with Crippen LogP contribution in [0, 0.1) is 11.6 Å². The molecule has 41 heavy (non-hydrogen) atoms. The number of carboxylic acids is 1. The van der Waals surface area contributed by atoms with Gasteiger partial charge in [-0.05, 0) is 69.9 Å². The van der Waals surface area contributed by atoms with E-state index in [1.54, 1.807) is 28.8 Å². The fraction of sp³-hybridized carbons (Fsp3) is 0.0606. The van der Waals surface area contributed by atoms with E-state index in [9.17, 15) is 18.4 Å². The summed E-state index contributed by atoms with van der Waals surface area (Å²) < 4.78 is 30.5.